The van der Waals surface area contributed by atoms with Gasteiger partial charge in [0.2, 0.25) is 11.8 Å². The number of benzene rings is 1. The molecule has 5 atom stereocenters. The van der Waals surface area contributed by atoms with Gasteiger partial charge in [-0.2, -0.15) is 0 Å². The van der Waals surface area contributed by atoms with Gasteiger partial charge in [0.05, 0.1) is 13.2 Å². The minimum absolute atomic E-state index is 0.0332. The zero-order valence-electron chi connectivity index (χ0n) is 27.5. The Labute approximate surface area is 267 Å². The molecule has 45 heavy (non-hydrogen) atoms. The van der Waals surface area contributed by atoms with Crippen molar-refractivity contribution in [1.82, 2.24) is 20.4 Å². The Bertz CT molecular complexity index is 1300. The van der Waals surface area contributed by atoms with E-state index in [9.17, 15) is 19.2 Å². The van der Waals surface area contributed by atoms with Crippen LogP contribution in [0.2, 0.25) is 0 Å². The summed E-state index contributed by atoms with van der Waals surface area (Å²) in [6.45, 7) is 13.3. The molecule has 5 rings (SSSR count). The molecule has 4 aliphatic rings. The molecule has 12 heteroatoms. The van der Waals surface area contributed by atoms with E-state index in [4.69, 9.17) is 14.1 Å². The van der Waals surface area contributed by atoms with Crippen molar-refractivity contribution in [3.63, 3.8) is 0 Å². The Balaban J connectivity index is 1.42. The summed E-state index contributed by atoms with van der Waals surface area (Å²) in [5.41, 5.74) is 2.57. The van der Waals surface area contributed by atoms with E-state index in [1.165, 1.54) is 16.0 Å². The summed E-state index contributed by atoms with van der Waals surface area (Å²) in [4.78, 5) is 57.6. The Morgan fingerprint density at radius 3 is 2.58 bits per heavy atom. The molecule has 0 saturated carbocycles. The van der Waals surface area contributed by atoms with Gasteiger partial charge >= 0.3 is 19.7 Å². The third-order valence-electron chi connectivity index (χ3n) is 9.50. The highest BCUT2D eigenvalue weighted by atomic mass is 16.6. The van der Waals surface area contributed by atoms with Gasteiger partial charge in [-0.3, -0.25) is 14.5 Å². The average molecular weight is 624 g/mol. The van der Waals surface area contributed by atoms with E-state index in [0.717, 1.165) is 31.2 Å². The first-order valence-electron chi connectivity index (χ1n) is 16.3. The van der Waals surface area contributed by atoms with Crippen LogP contribution in [0.25, 0.3) is 0 Å². The van der Waals surface area contributed by atoms with Gasteiger partial charge in [-0.25, -0.2) is 9.59 Å². The summed E-state index contributed by atoms with van der Waals surface area (Å²) in [7, 11) is 1.61. The maximum absolute atomic E-state index is 14.2. The molecule has 4 bridgehead atoms. The average Bonchev–Trinajstić information content (AvgIpc) is 3.70. The molecule has 1 aromatic rings. The monoisotopic (exact) mass is 623 g/mol. The fourth-order valence-electron chi connectivity index (χ4n) is 6.66. The molecule has 0 spiro atoms. The van der Waals surface area contributed by atoms with Crippen LogP contribution in [0.5, 0.6) is 0 Å². The van der Waals surface area contributed by atoms with Crippen molar-refractivity contribution in [1.29, 1.82) is 0 Å². The van der Waals surface area contributed by atoms with E-state index in [1.54, 1.807) is 12.4 Å². The lowest BCUT2D eigenvalue weighted by Gasteiger charge is -2.35. The molecule has 2 saturated heterocycles. The molecule has 0 unspecified atom stereocenters. The highest BCUT2D eigenvalue weighted by molar-refractivity contribution is 6.31. The van der Waals surface area contributed by atoms with Gasteiger partial charge in [0.15, 0.2) is 0 Å². The Morgan fingerprint density at radius 2 is 1.87 bits per heavy atom. The molecule has 4 heterocycles. The highest BCUT2D eigenvalue weighted by Gasteiger charge is 2.47. The van der Waals surface area contributed by atoms with Crippen LogP contribution in [0.15, 0.2) is 18.2 Å². The van der Waals surface area contributed by atoms with Crippen LogP contribution in [0.1, 0.15) is 83.9 Å². The largest absolute Gasteiger partial charge is 0.449 e. The molecular formula is C33H48BN4O7. The van der Waals surface area contributed by atoms with Crippen molar-refractivity contribution >= 4 is 31.5 Å². The van der Waals surface area contributed by atoms with Gasteiger partial charge in [-0.1, -0.05) is 66.2 Å². The predicted octanol–water partition coefficient (Wildman–Crippen LogP) is 3.73. The number of aryl methyl sites for hydroxylation is 1. The molecule has 245 valence electrons. The third kappa shape index (κ3) is 7.76. The second kappa shape index (κ2) is 13.2. The number of cyclic esters (lactones) is 1. The molecule has 1 radical (unpaired) electrons. The number of amides is 4. The predicted molar refractivity (Wildman–Crippen MR) is 168 cm³/mol. The van der Waals surface area contributed by atoms with Gasteiger partial charge in [0.1, 0.15) is 18.2 Å². The Morgan fingerprint density at radius 1 is 1.11 bits per heavy atom. The lowest BCUT2D eigenvalue weighted by atomic mass is 9.83. The Hall–Kier alpha value is -3.28. The number of carbonyl (C=O) groups is 4. The number of nitrogens with one attached hydrogen (secondary N) is 2. The number of hydrogen-bond donors (Lipinski definition) is 2. The number of hydrogen-bond acceptors (Lipinski definition) is 7. The molecular weight excluding hydrogens is 575 g/mol. The number of rotatable bonds is 2. The van der Waals surface area contributed by atoms with Crippen LogP contribution in [0.4, 0.5) is 9.59 Å². The minimum atomic E-state index is -0.977. The van der Waals surface area contributed by atoms with E-state index in [-0.39, 0.29) is 42.8 Å². The van der Waals surface area contributed by atoms with E-state index in [1.807, 2.05) is 33.8 Å². The number of alkyl carbamates (subject to hydrolysis) is 1. The lowest BCUT2D eigenvalue weighted by molar-refractivity contribution is -0.142. The van der Waals surface area contributed by atoms with Crippen molar-refractivity contribution in [2.24, 2.45) is 16.7 Å². The normalized spacial score (nSPS) is 29.4. The zero-order chi connectivity index (χ0) is 32.5. The highest BCUT2D eigenvalue weighted by Crippen LogP contribution is 2.32. The van der Waals surface area contributed by atoms with Gasteiger partial charge in [0, 0.05) is 32.1 Å². The standard InChI is InChI=1S/C33H48BN4O7/c1-20-18-44-34-27(20)36-28(39)25-14-23-16-38(25)29(40)26(32(2,3)4)35-30(41)43-19-33(5,6)13-8-7-10-21-11-9-12-22-15-37(17-24(21)22)31(42)45-23/h9,11-12,20,23,25-27H,7-8,10,13-19H2,1-6H3,(H,35,41)(H,36,39)/t20-,23+,25-,26+,27-/m0/s1. The van der Waals surface area contributed by atoms with Crippen LogP contribution in [-0.4, -0.2) is 85.2 Å². The molecule has 1 aromatic carbocycles. The number of carbonyl (C=O) groups excluding carboxylic acids is 4. The quantitative estimate of drug-likeness (QED) is 0.481. The van der Waals surface area contributed by atoms with Gasteiger partial charge in [0.25, 0.3) is 0 Å². The maximum Gasteiger partial charge on any atom is 0.410 e. The molecule has 0 aliphatic carbocycles. The SMILES string of the molecule is C[C@H]1CO[B][C@H]1NC(=O)[C@@H]1C[C@@H]2CN1C(=O)[C@H](C(C)(C)C)NC(=O)OCC(C)(C)CCCCc1cccc3c1CN(C3)C(=O)O2. The Kier molecular flexibility index (Phi) is 9.72. The number of fused-ring (bicyclic) bond motifs is 3. The summed E-state index contributed by atoms with van der Waals surface area (Å²) >= 11 is 0. The maximum atomic E-state index is 14.2. The van der Waals surface area contributed by atoms with E-state index < -0.39 is 41.7 Å². The molecule has 4 amide bonds. The number of nitrogens with zero attached hydrogens (tertiary/aromatic N) is 2. The minimum Gasteiger partial charge on any atom is -0.449 e. The van der Waals surface area contributed by atoms with Crippen LogP contribution in [0.3, 0.4) is 0 Å². The van der Waals surface area contributed by atoms with Crippen molar-refractivity contribution in [3.8, 4) is 0 Å². The molecule has 11 nitrogen and oxygen atoms in total. The van der Waals surface area contributed by atoms with Gasteiger partial charge in [-0.05, 0) is 52.7 Å². The summed E-state index contributed by atoms with van der Waals surface area (Å²) in [5, 5.41) is 5.80. The molecule has 2 fully saturated rings. The van der Waals surface area contributed by atoms with Crippen molar-refractivity contribution in [2.75, 3.05) is 19.8 Å². The topological polar surface area (TPSA) is 127 Å². The van der Waals surface area contributed by atoms with Crippen LogP contribution >= 0.6 is 0 Å². The van der Waals surface area contributed by atoms with Crippen LogP contribution < -0.4 is 10.6 Å². The van der Waals surface area contributed by atoms with Gasteiger partial charge in [-0.15, -0.1) is 0 Å². The lowest BCUT2D eigenvalue weighted by Crippen LogP contribution is -2.58. The van der Waals surface area contributed by atoms with Gasteiger partial charge < -0.3 is 29.7 Å². The molecule has 4 aliphatic heterocycles. The summed E-state index contributed by atoms with van der Waals surface area (Å²) in [6, 6.07) is 4.35. The first-order valence-corrected chi connectivity index (χ1v) is 16.3. The number of ether oxygens (including phenoxy) is 2. The fourth-order valence-corrected chi connectivity index (χ4v) is 6.66. The van der Waals surface area contributed by atoms with Crippen LogP contribution in [-0.2, 0) is 43.2 Å². The second-order valence-electron chi connectivity index (χ2n) is 15.0. The first kappa shape index (κ1) is 33.1. The van der Waals surface area contributed by atoms with E-state index >= 15 is 0 Å². The van der Waals surface area contributed by atoms with Crippen LogP contribution in [0, 0.1) is 16.7 Å². The van der Waals surface area contributed by atoms with Crippen molar-refractivity contribution in [2.45, 2.75) is 111 Å². The fraction of sp³-hybridized carbons (Fsp3) is 0.697. The summed E-state index contributed by atoms with van der Waals surface area (Å²) in [5.74, 6) is -1.00. The zero-order valence-corrected chi connectivity index (χ0v) is 27.5. The summed E-state index contributed by atoms with van der Waals surface area (Å²) < 4.78 is 17.1. The van der Waals surface area contributed by atoms with Crippen molar-refractivity contribution < 1.29 is 33.3 Å². The first-order chi connectivity index (χ1) is 21.2. The van der Waals surface area contributed by atoms with E-state index in [2.05, 4.69) is 36.6 Å². The smallest absolute Gasteiger partial charge is 0.410 e. The second-order valence-corrected chi connectivity index (χ2v) is 15.0. The summed E-state index contributed by atoms with van der Waals surface area (Å²) in [6.07, 6.45) is 2.00. The molecule has 2 N–H and O–H groups in total. The third-order valence-corrected chi connectivity index (χ3v) is 9.50. The van der Waals surface area contributed by atoms with Crippen molar-refractivity contribution in [3.05, 3.63) is 34.9 Å². The molecule has 0 aromatic heterocycles. The van der Waals surface area contributed by atoms with E-state index in [0.29, 0.717) is 19.7 Å².